The van der Waals surface area contributed by atoms with Gasteiger partial charge in [0.15, 0.2) is 0 Å². The van der Waals surface area contributed by atoms with Crippen molar-refractivity contribution in [2.24, 2.45) is 0 Å². The van der Waals surface area contributed by atoms with Crippen LogP contribution in [0.2, 0.25) is 0 Å². The molecule has 4 heteroatoms. The largest absolute Gasteiger partial charge is 0.456 e. The van der Waals surface area contributed by atoms with Crippen molar-refractivity contribution >= 4 is 36.2 Å². The van der Waals surface area contributed by atoms with E-state index in [9.17, 15) is 9.59 Å². The molecule has 0 N–H and O–H groups in total. The van der Waals surface area contributed by atoms with Crippen LogP contribution in [0.15, 0.2) is 72.8 Å². The number of rotatable bonds is 6. The Morgan fingerprint density at radius 1 is 0.472 bits per heavy atom. The van der Waals surface area contributed by atoms with Crippen LogP contribution in [0.3, 0.4) is 0 Å². The molecule has 0 atom stereocenters. The Labute approximate surface area is 214 Å². The summed E-state index contributed by atoms with van der Waals surface area (Å²) in [7, 11) is 0. The zero-order valence-corrected chi connectivity index (χ0v) is 21.9. The second kappa shape index (κ2) is 11.2. The number of benzene rings is 3. The number of ether oxygens (including phenoxy) is 2. The van der Waals surface area contributed by atoms with Crippen molar-refractivity contribution in [3.05, 3.63) is 106 Å². The number of esters is 2. The van der Waals surface area contributed by atoms with Gasteiger partial charge in [0, 0.05) is 0 Å². The Hall–Kier alpha value is -3.92. The Morgan fingerprint density at radius 3 is 0.917 bits per heavy atom. The molecule has 4 nitrogen and oxygen atoms in total. The summed E-state index contributed by atoms with van der Waals surface area (Å²) in [6, 6.07) is 22.9. The van der Waals surface area contributed by atoms with E-state index in [1.54, 1.807) is 24.3 Å². The molecule has 0 saturated carbocycles. The van der Waals surface area contributed by atoms with Gasteiger partial charge in [0.05, 0.1) is 11.1 Å². The monoisotopic (exact) mass is 482 g/mol. The summed E-state index contributed by atoms with van der Waals surface area (Å²) in [4.78, 5) is 24.3. The van der Waals surface area contributed by atoms with Crippen molar-refractivity contribution in [2.45, 2.75) is 52.7 Å². The summed E-state index contributed by atoms with van der Waals surface area (Å²) in [5.41, 5.74) is 4.21. The van der Waals surface area contributed by atoms with Gasteiger partial charge in [-0.05, 0) is 88.1 Å². The van der Waals surface area contributed by atoms with Crippen LogP contribution in [0.4, 0.5) is 0 Å². The molecule has 3 aromatic rings. The molecule has 0 unspecified atom stereocenters. The fraction of sp³-hybridized carbons (Fsp3) is 0.250. The van der Waals surface area contributed by atoms with Gasteiger partial charge >= 0.3 is 11.9 Å². The third-order valence-electron chi connectivity index (χ3n) is 4.96. The van der Waals surface area contributed by atoms with Gasteiger partial charge < -0.3 is 9.47 Å². The van der Waals surface area contributed by atoms with Crippen LogP contribution >= 0.6 is 0 Å². The topological polar surface area (TPSA) is 52.6 Å². The predicted molar refractivity (Wildman–Crippen MR) is 148 cm³/mol. The molecule has 0 bridgehead atoms. The highest BCUT2D eigenvalue weighted by Crippen LogP contribution is 2.17. The Balaban J connectivity index is 1.57. The molecular weight excluding hydrogens is 448 g/mol. The van der Waals surface area contributed by atoms with E-state index in [1.165, 1.54) is 0 Å². The molecular formula is C32H34O4. The minimum absolute atomic E-state index is 0.319. The normalized spacial score (nSPS) is 12.2. The van der Waals surface area contributed by atoms with E-state index in [0.717, 1.165) is 22.3 Å². The molecule has 0 radical (unpaired) electrons. The van der Waals surface area contributed by atoms with E-state index < -0.39 is 11.2 Å². The van der Waals surface area contributed by atoms with Crippen molar-refractivity contribution in [1.82, 2.24) is 0 Å². The molecule has 0 aromatic heterocycles. The van der Waals surface area contributed by atoms with Crippen molar-refractivity contribution in [1.29, 1.82) is 0 Å². The van der Waals surface area contributed by atoms with Gasteiger partial charge in [0.1, 0.15) is 11.2 Å². The van der Waals surface area contributed by atoms with Crippen molar-refractivity contribution in [3.8, 4) is 0 Å². The van der Waals surface area contributed by atoms with Gasteiger partial charge in [-0.1, -0.05) is 72.8 Å². The van der Waals surface area contributed by atoms with E-state index in [4.69, 9.17) is 9.47 Å². The maximum atomic E-state index is 12.1. The summed E-state index contributed by atoms with van der Waals surface area (Å²) in [6.45, 7) is 11.1. The Kier molecular flexibility index (Phi) is 8.31. The lowest BCUT2D eigenvalue weighted by Gasteiger charge is -2.19. The third-order valence-corrected chi connectivity index (χ3v) is 4.96. The first-order chi connectivity index (χ1) is 16.9. The third kappa shape index (κ3) is 8.70. The summed E-state index contributed by atoms with van der Waals surface area (Å²) in [6.07, 6.45) is 8.09. The van der Waals surface area contributed by atoms with E-state index >= 15 is 0 Å². The number of carbonyl (C=O) groups is 2. The summed E-state index contributed by atoms with van der Waals surface area (Å²) < 4.78 is 10.8. The smallest absolute Gasteiger partial charge is 0.338 e. The van der Waals surface area contributed by atoms with Crippen molar-refractivity contribution in [2.75, 3.05) is 0 Å². The molecule has 0 heterocycles. The standard InChI is InChI=1S/C32H34O4/c1-31(2,3)35-29(33)27-19-15-25(16-20-27)13-11-23-7-9-24(10-8-23)12-14-26-17-21-28(22-18-26)30(34)36-32(4,5)6/h7-22H,1-6H3. The quantitative estimate of drug-likeness (QED) is 0.264. The summed E-state index contributed by atoms with van der Waals surface area (Å²) in [5.74, 6) is -0.638. The van der Waals surface area contributed by atoms with Crippen LogP contribution < -0.4 is 0 Å². The maximum Gasteiger partial charge on any atom is 0.338 e. The van der Waals surface area contributed by atoms with E-state index in [1.807, 2.05) is 90.1 Å². The van der Waals surface area contributed by atoms with Gasteiger partial charge in [-0.2, -0.15) is 0 Å². The second-order valence-electron chi connectivity index (χ2n) is 10.6. The Morgan fingerprint density at radius 2 is 0.694 bits per heavy atom. The summed E-state index contributed by atoms with van der Waals surface area (Å²) >= 11 is 0. The first-order valence-electron chi connectivity index (χ1n) is 12.0. The van der Waals surface area contributed by atoms with Crippen LogP contribution in [0, 0.1) is 0 Å². The van der Waals surface area contributed by atoms with Gasteiger partial charge in [-0.25, -0.2) is 9.59 Å². The molecule has 0 aliphatic carbocycles. The van der Waals surface area contributed by atoms with E-state index in [-0.39, 0.29) is 11.9 Å². The molecule has 0 aliphatic rings. The average Bonchev–Trinajstić information content (AvgIpc) is 2.80. The average molecular weight is 483 g/mol. The molecule has 36 heavy (non-hydrogen) atoms. The number of hydrogen-bond donors (Lipinski definition) is 0. The van der Waals surface area contributed by atoms with Crippen LogP contribution in [-0.4, -0.2) is 23.1 Å². The highest BCUT2D eigenvalue weighted by Gasteiger charge is 2.18. The molecule has 0 aliphatic heterocycles. The fourth-order valence-corrected chi connectivity index (χ4v) is 3.24. The number of carbonyl (C=O) groups excluding carboxylic acids is 2. The molecule has 0 fully saturated rings. The lowest BCUT2D eigenvalue weighted by atomic mass is 10.1. The van der Waals surface area contributed by atoms with Gasteiger partial charge in [0.2, 0.25) is 0 Å². The van der Waals surface area contributed by atoms with E-state index in [0.29, 0.717) is 11.1 Å². The highest BCUT2D eigenvalue weighted by molar-refractivity contribution is 5.90. The molecule has 3 rings (SSSR count). The van der Waals surface area contributed by atoms with Gasteiger partial charge in [-0.3, -0.25) is 0 Å². The lowest BCUT2D eigenvalue weighted by molar-refractivity contribution is 0.00570. The molecule has 186 valence electrons. The minimum Gasteiger partial charge on any atom is -0.456 e. The van der Waals surface area contributed by atoms with Crippen LogP contribution in [-0.2, 0) is 9.47 Å². The second-order valence-corrected chi connectivity index (χ2v) is 10.6. The zero-order valence-electron chi connectivity index (χ0n) is 21.9. The van der Waals surface area contributed by atoms with Gasteiger partial charge in [0.25, 0.3) is 0 Å². The lowest BCUT2D eigenvalue weighted by Crippen LogP contribution is -2.23. The summed E-state index contributed by atoms with van der Waals surface area (Å²) in [5, 5.41) is 0. The molecule has 0 saturated heterocycles. The first kappa shape index (κ1) is 26.7. The molecule has 3 aromatic carbocycles. The minimum atomic E-state index is -0.511. The Bertz CT molecular complexity index is 1130. The van der Waals surface area contributed by atoms with Crippen LogP contribution in [0.5, 0.6) is 0 Å². The highest BCUT2D eigenvalue weighted by atomic mass is 16.6. The predicted octanol–water partition coefficient (Wildman–Crippen LogP) is 7.94. The van der Waals surface area contributed by atoms with Crippen molar-refractivity contribution < 1.29 is 19.1 Å². The van der Waals surface area contributed by atoms with Gasteiger partial charge in [-0.15, -0.1) is 0 Å². The van der Waals surface area contributed by atoms with E-state index in [2.05, 4.69) is 24.3 Å². The maximum absolute atomic E-state index is 12.1. The SMILES string of the molecule is CC(C)(C)OC(=O)c1ccc(C=Cc2ccc(C=Cc3ccc(C(=O)OC(C)(C)C)cc3)cc2)cc1. The number of hydrogen-bond acceptors (Lipinski definition) is 4. The van der Waals surface area contributed by atoms with Crippen LogP contribution in [0.1, 0.15) is 84.5 Å². The molecule has 0 amide bonds. The first-order valence-corrected chi connectivity index (χ1v) is 12.0. The van der Waals surface area contributed by atoms with Crippen LogP contribution in [0.25, 0.3) is 24.3 Å². The molecule has 0 spiro atoms. The zero-order chi connectivity index (χ0) is 26.3. The van der Waals surface area contributed by atoms with Crippen molar-refractivity contribution in [3.63, 3.8) is 0 Å². The fourth-order valence-electron chi connectivity index (χ4n) is 3.24.